The third-order valence-electron chi connectivity index (χ3n) is 7.88. The highest BCUT2D eigenvalue weighted by Crippen LogP contribution is 2.31. The van der Waals surface area contributed by atoms with Crippen LogP contribution in [0, 0.1) is 11.3 Å². The van der Waals surface area contributed by atoms with Gasteiger partial charge in [-0.1, -0.05) is 90.6 Å². The fourth-order valence-corrected chi connectivity index (χ4v) is 5.36. The number of ketones is 1. The summed E-state index contributed by atoms with van der Waals surface area (Å²) in [6.45, 7) is 16.8. The minimum atomic E-state index is -1.09. The second kappa shape index (κ2) is 19.8. The van der Waals surface area contributed by atoms with Gasteiger partial charge in [-0.25, -0.2) is 9.59 Å². The number of hydrogen-bond donors (Lipinski definition) is 4. The fourth-order valence-electron chi connectivity index (χ4n) is 5.36. The van der Waals surface area contributed by atoms with Crippen LogP contribution >= 0.6 is 0 Å². The summed E-state index contributed by atoms with van der Waals surface area (Å²) in [4.78, 5) is 76.0. The van der Waals surface area contributed by atoms with Gasteiger partial charge in [-0.3, -0.25) is 19.2 Å². The molecule has 12 heteroatoms. The molecular formula is C36H59N5O7. The van der Waals surface area contributed by atoms with Crippen LogP contribution in [0.5, 0.6) is 0 Å². The topological polar surface area (TPSA) is 177 Å². The van der Waals surface area contributed by atoms with Crippen molar-refractivity contribution >= 4 is 36.0 Å². The molecule has 0 aromatic heterocycles. The molecule has 5 amide bonds. The van der Waals surface area contributed by atoms with E-state index in [1.54, 1.807) is 51.1 Å². The summed E-state index contributed by atoms with van der Waals surface area (Å²) >= 11 is 0. The number of carbonyl (C=O) groups is 6. The maximum atomic E-state index is 13.9. The maximum Gasteiger partial charge on any atom is 0.333 e. The van der Waals surface area contributed by atoms with Gasteiger partial charge in [0.25, 0.3) is 0 Å². The number of hydrogen-bond acceptors (Lipinski definition) is 7. The molecule has 3 rings (SSSR count). The quantitative estimate of drug-likeness (QED) is 0.208. The van der Waals surface area contributed by atoms with Crippen molar-refractivity contribution in [3.05, 3.63) is 35.9 Å². The molecule has 1 saturated heterocycles. The highest BCUT2D eigenvalue weighted by atomic mass is 16.6. The number of benzene rings is 1. The van der Waals surface area contributed by atoms with E-state index >= 15 is 0 Å². The molecular weight excluding hydrogens is 614 g/mol. The SMILES string of the molecule is CC(=O)C(CC1CCC1)NC(=O)C1CCCN1C(=O)C(NC(=O)NC(C(=O)OC(C)(C)C)c1ccccc1)C(C)(C)C.CCC.NC=O. The van der Waals surface area contributed by atoms with Gasteiger partial charge in [0, 0.05) is 6.54 Å². The molecule has 1 aromatic carbocycles. The normalized spacial score (nSPS) is 17.8. The van der Waals surface area contributed by atoms with Gasteiger partial charge >= 0.3 is 12.0 Å². The number of rotatable bonds is 10. The van der Waals surface area contributed by atoms with Crippen molar-refractivity contribution in [2.24, 2.45) is 17.1 Å². The molecule has 2 aliphatic rings. The summed E-state index contributed by atoms with van der Waals surface area (Å²) in [5.41, 5.74) is 3.23. The van der Waals surface area contributed by atoms with E-state index in [4.69, 9.17) is 9.53 Å². The van der Waals surface area contributed by atoms with E-state index in [2.05, 4.69) is 35.5 Å². The number of esters is 1. The Morgan fingerprint density at radius 2 is 1.50 bits per heavy atom. The third-order valence-corrected chi connectivity index (χ3v) is 7.88. The van der Waals surface area contributed by atoms with Crippen LogP contribution in [0.2, 0.25) is 0 Å². The lowest BCUT2D eigenvalue weighted by molar-refractivity contribution is -0.157. The van der Waals surface area contributed by atoms with E-state index in [9.17, 15) is 24.0 Å². The van der Waals surface area contributed by atoms with Gasteiger partial charge in [-0.05, 0) is 63.9 Å². The summed E-state index contributed by atoms with van der Waals surface area (Å²) in [5.74, 6) is -1.00. The summed E-state index contributed by atoms with van der Waals surface area (Å²) in [6.07, 6.45) is 6.50. The van der Waals surface area contributed by atoms with Crippen LogP contribution in [0.15, 0.2) is 30.3 Å². The van der Waals surface area contributed by atoms with Gasteiger partial charge in [0.1, 0.15) is 17.7 Å². The van der Waals surface area contributed by atoms with Crippen LogP contribution in [0.4, 0.5) is 4.79 Å². The Bertz CT molecular complexity index is 1210. The zero-order valence-corrected chi connectivity index (χ0v) is 30.4. The number of urea groups is 1. The first-order valence-corrected chi connectivity index (χ1v) is 17.0. The molecule has 4 unspecified atom stereocenters. The van der Waals surface area contributed by atoms with Crippen LogP contribution in [-0.4, -0.2) is 71.2 Å². The van der Waals surface area contributed by atoms with Crippen LogP contribution in [0.25, 0.3) is 0 Å². The molecule has 5 N–H and O–H groups in total. The number of nitrogens with one attached hydrogen (secondary N) is 3. The molecule has 1 aliphatic heterocycles. The highest BCUT2D eigenvalue weighted by molar-refractivity contribution is 5.95. The van der Waals surface area contributed by atoms with Gasteiger partial charge in [0.15, 0.2) is 11.8 Å². The van der Waals surface area contributed by atoms with Crippen molar-refractivity contribution in [3.8, 4) is 0 Å². The number of nitrogens with zero attached hydrogens (tertiary/aromatic N) is 1. The molecule has 0 bridgehead atoms. The van der Waals surface area contributed by atoms with E-state index in [0.29, 0.717) is 37.3 Å². The molecule has 48 heavy (non-hydrogen) atoms. The molecule has 12 nitrogen and oxygen atoms in total. The molecule has 1 aromatic rings. The van der Waals surface area contributed by atoms with E-state index in [1.807, 2.05) is 20.8 Å². The van der Waals surface area contributed by atoms with Crippen molar-refractivity contribution in [3.63, 3.8) is 0 Å². The molecule has 270 valence electrons. The smallest absolute Gasteiger partial charge is 0.333 e. The van der Waals surface area contributed by atoms with Crippen molar-refractivity contribution in [1.29, 1.82) is 0 Å². The first kappa shape index (κ1) is 42.1. The Balaban J connectivity index is 0.00000178. The van der Waals surface area contributed by atoms with Gasteiger partial charge in [0.2, 0.25) is 18.2 Å². The van der Waals surface area contributed by atoms with E-state index in [-0.39, 0.29) is 24.0 Å². The minimum absolute atomic E-state index is 0.0880. The lowest BCUT2D eigenvalue weighted by Crippen LogP contribution is -2.60. The molecule has 1 heterocycles. The first-order valence-electron chi connectivity index (χ1n) is 17.0. The number of likely N-dealkylation sites (tertiary alicyclic amines) is 1. The van der Waals surface area contributed by atoms with Crippen LogP contribution in [-0.2, 0) is 28.7 Å². The molecule has 1 saturated carbocycles. The molecule has 1 aliphatic carbocycles. The fraction of sp³-hybridized carbons (Fsp3) is 0.667. The van der Waals surface area contributed by atoms with Crippen LogP contribution in [0.1, 0.15) is 119 Å². The lowest BCUT2D eigenvalue weighted by atomic mass is 9.80. The minimum Gasteiger partial charge on any atom is -0.458 e. The third kappa shape index (κ3) is 14.0. The van der Waals surface area contributed by atoms with Crippen molar-refractivity contribution in [1.82, 2.24) is 20.9 Å². The number of Topliss-reactive ketones (excluding diaryl/α,β-unsaturated/α-hetero) is 1. The van der Waals surface area contributed by atoms with Crippen LogP contribution < -0.4 is 21.7 Å². The number of nitrogens with two attached hydrogens (primary N) is 1. The Hall–Kier alpha value is -3.96. The lowest BCUT2D eigenvalue weighted by Gasteiger charge is -2.36. The molecule has 0 radical (unpaired) electrons. The predicted molar refractivity (Wildman–Crippen MR) is 185 cm³/mol. The zero-order valence-electron chi connectivity index (χ0n) is 30.4. The van der Waals surface area contributed by atoms with E-state index in [0.717, 1.165) is 19.3 Å². The highest BCUT2D eigenvalue weighted by Gasteiger charge is 2.43. The van der Waals surface area contributed by atoms with Gasteiger partial charge in [0.05, 0.1) is 6.04 Å². The maximum absolute atomic E-state index is 13.9. The summed E-state index contributed by atoms with van der Waals surface area (Å²) < 4.78 is 5.55. The van der Waals surface area contributed by atoms with E-state index in [1.165, 1.54) is 18.2 Å². The number of carbonyl (C=O) groups excluding carboxylic acids is 6. The Kier molecular flexibility index (Phi) is 17.3. The monoisotopic (exact) mass is 673 g/mol. The molecule has 4 atom stereocenters. The average Bonchev–Trinajstić information content (AvgIpc) is 3.45. The first-order chi connectivity index (χ1) is 22.4. The van der Waals surface area contributed by atoms with Gasteiger partial charge < -0.3 is 31.3 Å². The summed E-state index contributed by atoms with van der Waals surface area (Å²) in [6, 6.07) is 4.68. The predicted octanol–water partition coefficient (Wildman–Crippen LogP) is 4.56. The van der Waals surface area contributed by atoms with Gasteiger partial charge in [-0.15, -0.1) is 0 Å². The van der Waals surface area contributed by atoms with Crippen molar-refractivity contribution < 1.29 is 33.5 Å². The van der Waals surface area contributed by atoms with Crippen molar-refractivity contribution in [2.45, 2.75) is 137 Å². The summed E-state index contributed by atoms with van der Waals surface area (Å²) in [5, 5.41) is 8.37. The second-order valence-corrected chi connectivity index (χ2v) is 14.5. The van der Waals surface area contributed by atoms with Crippen LogP contribution in [0.3, 0.4) is 0 Å². The Morgan fingerprint density at radius 1 is 0.938 bits per heavy atom. The van der Waals surface area contributed by atoms with Crippen molar-refractivity contribution in [2.75, 3.05) is 6.54 Å². The molecule has 2 fully saturated rings. The Morgan fingerprint density at radius 3 is 1.96 bits per heavy atom. The number of ether oxygens (including phenoxy) is 1. The largest absolute Gasteiger partial charge is 0.458 e. The number of primary amides is 1. The Labute approximate surface area is 286 Å². The molecule has 0 spiro atoms. The zero-order chi connectivity index (χ0) is 36.7. The second-order valence-electron chi connectivity index (χ2n) is 14.5. The average molecular weight is 674 g/mol. The summed E-state index contributed by atoms with van der Waals surface area (Å²) in [7, 11) is 0. The standard InChI is InChI=1S/C32H48N4O6.C3H8.CH3NO/c1-20(37)23(19-21-13-11-14-21)33-27(38)24-17-12-18-36(24)28(39)26(31(2,3)4)35-30(41)34-25(22-15-9-8-10-16-22)29(40)42-32(5,6)7;1-3-2;2-1-3/h8-10,15-16,21,23-26H,11-14,17-19H2,1-7H3,(H,33,38)(H2,34,35,41);3H2,1-2H3;1H,(H2,2,3). The van der Waals surface area contributed by atoms with E-state index < -0.39 is 47.2 Å². The van der Waals surface area contributed by atoms with Gasteiger partial charge in [-0.2, -0.15) is 0 Å². The number of amides is 5.